The van der Waals surface area contributed by atoms with Crippen LogP contribution in [0.5, 0.6) is 0 Å². The molecule has 1 aliphatic carbocycles. The lowest BCUT2D eigenvalue weighted by molar-refractivity contribution is -0.117. The van der Waals surface area contributed by atoms with Crippen LogP contribution in [0.3, 0.4) is 0 Å². The minimum atomic E-state index is 0.0813. The van der Waals surface area contributed by atoms with E-state index in [1.165, 1.54) is 0 Å². The van der Waals surface area contributed by atoms with E-state index in [-0.39, 0.29) is 11.2 Å². The van der Waals surface area contributed by atoms with Crippen LogP contribution in [-0.2, 0) is 4.79 Å². The zero-order valence-corrected chi connectivity index (χ0v) is 12.9. The van der Waals surface area contributed by atoms with Gasteiger partial charge in [0.25, 0.3) is 0 Å². The molecule has 0 heterocycles. The summed E-state index contributed by atoms with van der Waals surface area (Å²) in [5.41, 5.74) is 10.8. The van der Waals surface area contributed by atoms with Gasteiger partial charge >= 0.3 is 0 Å². The van der Waals surface area contributed by atoms with Gasteiger partial charge in [0.1, 0.15) is 0 Å². The quantitative estimate of drug-likeness (QED) is 0.312. The second-order valence-corrected chi connectivity index (χ2v) is 6.13. The fourth-order valence-electron chi connectivity index (χ4n) is 2.30. The molecule has 0 aromatic heterocycles. The molecule has 112 valence electrons. The average molecular weight is 293 g/mol. The van der Waals surface area contributed by atoms with E-state index < -0.39 is 0 Å². The molecule has 0 atom stereocenters. The van der Waals surface area contributed by atoms with Crippen LogP contribution in [0.4, 0.5) is 5.69 Å². The number of nitrogens with zero attached hydrogens (tertiary/aromatic N) is 3. The molecule has 0 radical (unpaired) electrons. The van der Waals surface area contributed by atoms with Crippen molar-refractivity contribution in [3.05, 3.63) is 70.1 Å². The first-order chi connectivity index (χ1) is 10.5. The van der Waals surface area contributed by atoms with Gasteiger partial charge in [-0.2, -0.15) is 0 Å². The summed E-state index contributed by atoms with van der Waals surface area (Å²) in [7, 11) is 0. The van der Waals surface area contributed by atoms with Gasteiger partial charge in [0, 0.05) is 22.6 Å². The van der Waals surface area contributed by atoms with Crippen molar-refractivity contribution in [2.24, 2.45) is 10.5 Å². The minimum Gasteiger partial charge on any atom is -0.294 e. The van der Waals surface area contributed by atoms with Gasteiger partial charge in [-0.15, -0.1) is 0 Å². The van der Waals surface area contributed by atoms with Gasteiger partial charge in [-0.25, -0.2) is 0 Å². The van der Waals surface area contributed by atoms with Gasteiger partial charge < -0.3 is 0 Å². The van der Waals surface area contributed by atoms with Crippen LogP contribution in [0, 0.1) is 5.41 Å². The number of hydrogen-bond acceptors (Lipinski definition) is 2. The maximum atomic E-state index is 12.0. The van der Waals surface area contributed by atoms with Gasteiger partial charge in [0.2, 0.25) is 0 Å². The number of carbonyl (C=O) groups excluding carboxylic acids is 1. The molecule has 0 aliphatic heterocycles. The zero-order valence-electron chi connectivity index (χ0n) is 12.9. The zero-order chi connectivity index (χ0) is 16.0. The summed E-state index contributed by atoms with van der Waals surface area (Å²) in [4.78, 5) is 14.7. The lowest BCUT2D eigenvalue weighted by Gasteiger charge is -2.26. The van der Waals surface area contributed by atoms with E-state index in [1.807, 2.05) is 42.5 Å². The number of allylic oxidation sites excluding steroid dienone is 5. The Balaban J connectivity index is 1.98. The van der Waals surface area contributed by atoms with E-state index in [4.69, 9.17) is 5.53 Å². The van der Waals surface area contributed by atoms with E-state index in [0.29, 0.717) is 12.1 Å². The monoisotopic (exact) mass is 293 g/mol. The smallest absolute Gasteiger partial charge is 0.163 e. The Kier molecular flexibility index (Phi) is 4.97. The molecule has 0 bridgehead atoms. The molecule has 0 fully saturated rings. The normalized spacial score (nSPS) is 17.5. The molecule has 1 aliphatic rings. The van der Waals surface area contributed by atoms with Crippen molar-refractivity contribution >= 4 is 17.5 Å². The fourth-order valence-corrected chi connectivity index (χ4v) is 2.30. The SMILES string of the molecule is CC1(C)CC=C(C=CC=Cc2ccc(N=[N+]=[N-])cc2)C(=O)C1. The molecular weight excluding hydrogens is 274 g/mol. The molecule has 0 amide bonds. The highest BCUT2D eigenvalue weighted by Gasteiger charge is 2.26. The topological polar surface area (TPSA) is 65.8 Å². The predicted octanol–water partition coefficient (Wildman–Crippen LogP) is 5.51. The highest BCUT2D eigenvalue weighted by molar-refractivity contribution is 5.99. The molecule has 2 rings (SSSR count). The largest absolute Gasteiger partial charge is 0.294 e. The number of carbonyl (C=O) groups is 1. The third-order valence-corrected chi connectivity index (χ3v) is 3.56. The summed E-state index contributed by atoms with van der Waals surface area (Å²) in [6.07, 6.45) is 11.1. The Morgan fingerprint density at radius 1 is 1.18 bits per heavy atom. The number of rotatable bonds is 4. The Labute approximate surface area is 130 Å². The third-order valence-electron chi connectivity index (χ3n) is 3.56. The summed E-state index contributed by atoms with van der Waals surface area (Å²) >= 11 is 0. The molecule has 0 saturated carbocycles. The number of Topliss-reactive ketones (excluding diaryl/α,β-unsaturated/α-hetero) is 1. The maximum absolute atomic E-state index is 12.0. The van der Waals surface area contributed by atoms with E-state index in [1.54, 1.807) is 12.1 Å². The van der Waals surface area contributed by atoms with Gasteiger partial charge in [-0.3, -0.25) is 4.79 Å². The first-order valence-corrected chi connectivity index (χ1v) is 7.23. The summed E-state index contributed by atoms with van der Waals surface area (Å²) in [6.45, 7) is 4.23. The molecule has 0 N–H and O–H groups in total. The van der Waals surface area contributed by atoms with E-state index in [2.05, 4.69) is 23.9 Å². The molecule has 22 heavy (non-hydrogen) atoms. The minimum absolute atomic E-state index is 0.0813. The summed E-state index contributed by atoms with van der Waals surface area (Å²) in [5, 5.41) is 3.52. The van der Waals surface area contributed by atoms with Crippen LogP contribution in [-0.4, -0.2) is 5.78 Å². The Morgan fingerprint density at radius 3 is 2.50 bits per heavy atom. The molecule has 0 saturated heterocycles. The lowest BCUT2D eigenvalue weighted by atomic mass is 9.77. The summed E-state index contributed by atoms with van der Waals surface area (Å²) in [5.74, 6) is 0.208. The van der Waals surface area contributed by atoms with Gasteiger partial charge in [-0.1, -0.05) is 73.6 Å². The van der Waals surface area contributed by atoms with Crippen LogP contribution in [0.1, 0.15) is 32.3 Å². The molecule has 1 aromatic carbocycles. The van der Waals surface area contributed by atoms with Crippen LogP contribution in [0.25, 0.3) is 16.5 Å². The van der Waals surface area contributed by atoms with Gasteiger partial charge in [0.05, 0.1) is 0 Å². The molecule has 0 spiro atoms. The van der Waals surface area contributed by atoms with Crippen molar-refractivity contribution in [3.8, 4) is 0 Å². The first-order valence-electron chi connectivity index (χ1n) is 7.23. The van der Waals surface area contributed by atoms with E-state index in [9.17, 15) is 4.79 Å². The maximum Gasteiger partial charge on any atom is 0.163 e. The second-order valence-electron chi connectivity index (χ2n) is 6.13. The van der Waals surface area contributed by atoms with E-state index >= 15 is 0 Å². The first kappa shape index (κ1) is 15.8. The second kappa shape index (κ2) is 6.92. The molecular formula is C18H19N3O. The van der Waals surface area contributed by atoms with Crippen LogP contribution >= 0.6 is 0 Å². The Bertz CT molecular complexity index is 688. The summed E-state index contributed by atoms with van der Waals surface area (Å²) in [6, 6.07) is 7.28. The highest BCUT2D eigenvalue weighted by Crippen LogP contribution is 2.32. The van der Waals surface area contributed by atoms with Crippen LogP contribution < -0.4 is 0 Å². The number of benzene rings is 1. The average Bonchev–Trinajstić information content (AvgIpc) is 2.47. The lowest BCUT2D eigenvalue weighted by Crippen LogP contribution is -2.21. The molecule has 4 heteroatoms. The van der Waals surface area contributed by atoms with Crippen LogP contribution in [0.2, 0.25) is 0 Å². The Morgan fingerprint density at radius 2 is 1.86 bits per heavy atom. The van der Waals surface area contributed by atoms with E-state index in [0.717, 1.165) is 17.6 Å². The molecule has 1 aromatic rings. The van der Waals surface area contributed by atoms with Crippen molar-refractivity contribution in [1.29, 1.82) is 0 Å². The van der Waals surface area contributed by atoms with Crippen molar-refractivity contribution in [3.63, 3.8) is 0 Å². The highest BCUT2D eigenvalue weighted by atomic mass is 16.1. The summed E-state index contributed by atoms with van der Waals surface area (Å²) < 4.78 is 0. The van der Waals surface area contributed by atoms with Crippen molar-refractivity contribution in [2.45, 2.75) is 26.7 Å². The number of hydrogen-bond donors (Lipinski definition) is 0. The molecule has 4 nitrogen and oxygen atoms in total. The number of ketones is 1. The third kappa shape index (κ3) is 4.47. The van der Waals surface area contributed by atoms with Gasteiger partial charge in [0.15, 0.2) is 5.78 Å². The van der Waals surface area contributed by atoms with Crippen molar-refractivity contribution < 1.29 is 4.79 Å². The van der Waals surface area contributed by atoms with Crippen LogP contribution in [0.15, 0.2) is 59.3 Å². The van der Waals surface area contributed by atoms with Crippen molar-refractivity contribution in [2.75, 3.05) is 0 Å². The number of azide groups is 1. The standard InChI is InChI=1S/C18H19N3O/c1-18(2)12-11-15(17(22)13-18)6-4-3-5-14-7-9-16(10-8-14)20-21-19/h3-11H,12-13H2,1-2H3. The van der Waals surface area contributed by atoms with Gasteiger partial charge in [-0.05, 0) is 22.9 Å². The predicted molar refractivity (Wildman–Crippen MR) is 89.5 cm³/mol. The Hall–Kier alpha value is -2.58. The fraction of sp³-hybridized carbons (Fsp3) is 0.278. The van der Waals surface area contributed by atoms with Crippen molar-refractivity contribution in [1.82, 2.24) is 0 Å². The molecule has 0 unspecified atom stereocenters.